The van der Waals surface area contributed by atoms with Gasteiger partial charge in [-0.3, -0.25) is 0 Å². The van der Waals surface area contributed by atoms with Gasteiger partial charge in [0.25, 0.3) is 0 Å². The molecule has 0 aliphatic rings. The minimum Gasteiger partial charge on any atom is -0.403 e. The monoisotopic (exact) mass is 131 g/mol. The molecule has 0 aromatic rings. The van der Waals surface area contributed by atoms with Gasteiger partial charge in [-0.05, 0) is 12.6 Å². The summed E-state index contributed by atoms with van der Waals surface area (Å²) in [6.45, 7) is 15.3. The van der Waals surface area contributed by atoms with E-state index in [0.29, 0.717) is 5.70 Å². The van der Waals surface area contributed by atoms with Gasteiger partial charge in [0.1, 0.15) is 0 Å². The highest BCUT2D eigenvalue weighted by Gasteiger charge is 1.50. The van der Waals surface area contributed by atoms with Crippen molar-refractivity contribution >= 4 is 0 Å². The molecule has 1 nitrogen and oxygen atoms in total. The third kappa shape index (κ3) is 392. The average Bonchev–Trinajstić information content (AvgIpc) is 1.71. The number of allylic oxidation sites excluding steroid dienone is 1. The standard InChI is InChI=1S/C3H7N.C3H8.C2H4.H2/c1-3(2)4;1-3-2;1-2;/h1,4H2,2H3;3H2,1-2H3;1-2H2;1H. The first-order valence-electron chi connectivity index (χ1n) is 3.06. The second kappa shape index (κ2) is 26.7. The molecule has 2 N–H and O–H groups in total. The molecule has 0 aromatic heterocycles. The first-order chi connectivity index (χ1) is 4.15. The van der Waals surface area contributed by atoms with Crippen LogP contribution in [0.4, 0.5) is 0 Å². The maximum absolute atomic E-state index is 4.92. The van der Waals surface area contributed by atoms with Gasteiger partial charge in [0, 0.05) is 1.43 Å². The Morgan fingerprint density at radius 3 is 1.44 bits per heavy atom. The molecular weight excluding hydrogens is 110 g/mol. The maximum atomic E-state index is 4.92. The molecule has 58 valence electrons. The fourth-order valence-corrected chi connectivity index (χ4v) is 0. The number of hydrogen-bond donors (Lipinski definition) is 1. The summed E-state index contributed by atoms with van der Waals surface area (Å²) in [4.78, 5) is 0. The van der Waals surface area contributed by atoms with Crippen LogP contribution in [-0.2, 0) is 0 Å². The SMILES string of the molecule is C=C.C=C(C)N.CCC.[HH]. The summed E-state index contributed by atoms with van der Waals surface area (Å²) in [5.74, 6) is 0. The van der Waals surface area contributed by atoms with E-state index in [-0.39, 0.29) is 1.43 Å². The molecule has 0 saturated carbocycles. The zero-order valence-electron chi connectivity index (χ0n) is 6.91. The lowest BCUT2D eigenvalue weighted by molar-refractivity contribution is 1.09. The van der Waals surface area contributed by atoms with E-state index in [1.54, 1.807) is 6.92 Å². The molecule has 0 aliphatic heterocycles. The summed E-state index contributed by atoms with van der Waals surface area (Å²) in [6, 6.07) is 0. The van der Waals surface area contributed by atoms with Crippen LogP contribution in [0.2, 0.25) is 0 Å². The van der Waals surface area contributed by atoms with E-state index in [9.17, 15) is 0 Å². The van der Waals surface area contributed by atoms with E-state index in [1.807, 2.05) is 0 Å². The van der Waals surface area contributed by atoms with Crippen molar-refractivity contribution in [3.8, 4) is 0 Å². The molecular formula is C8H21N. The quantitative estimate of drug-likeness (QED) is 0.502. The minimum atomic E-state index is 0. The van der Waals surface area contributed by atoms with Crippen molar-refractivity contribution < 1.29 is 1.43 Å². The van der Waals surface area contributed by atoms with E-state index in [0.717, 1.165) is 0 Å². The van der Waals surface area contributed by atoms with Gasteiger partial charge >= 0.3 is 0 Å². The van der Waals surface area contributed by atoms with Crippen molar-refractivity contribution in [3.63, 3.8) is 0 Å². The van der Waals surface area contributed by atoms with Crippen LogP contribution in [0.15, 0.2) is 25.4 Å². The van der Waals surface area contributed by atoms with Crippen LogP contribution in [0.25, 0.3) is 0 Å². The van der Waals surface area contributed by atoms with Crippen molar-refractivity contribution in [3.05, 3.63) is 25.4 Å². The van der Waals surface area contributed by atoms with Crippen LogP contribution in [0.1, 0.15) is 28.6 Å². The fourth-order valence-electron chi connectivity index (χ4n) is 0. The Balaban J connectivity index is -0.0000000273. The Morgan fingerprint density at radius 2 is 1.44 bits per heavy atom. The molecule has 0 rings (SSSR count). The summed E-state index contributed by atoms with van der Waals surface area (Å²) in [5, 5.41) is 0. The van der Waals surface area contributed by atoms with Crippen LogP contribution in [0.3, 0.4) is 0 Å². The topological polar surface area (TPSA) is 26.0 Å². The molecule has 9 heavy (non-hydrogen) atoms. The largest absolute Gasteiger partial charge is 0.403 e. The molecule has 0 radical (unpaired) electrons. The van der Waals surface area contributed by atoms with Gasteiger partial charge in [-0.2, -0.15) is 0 Å². The van der Waals surface area contributed by atoms with Crippen molar-refractivity contribution in [1.82, 2.24) is 0 Å². The molecule has 0 unspecified atom stereocenters. The van der Waals surface area contributed by atoms with Crippen molar-refractivity contribution in [1.29, 1.82) is 0 Å². The van der Waals surface area contributed by atoms with Gasteiger partial charge < -0.3 is 5.73 Å². The third-order valence-electron chi connectivity index (χ3n) is 0. The second-order valence-electron chi connectivity index (χ2n) is 1.55. The highest BCUT2D eigenvalue weighted by Crippen LogP contribution is 1.59. The van der Waals surface area contributed by atoms with E-state index >= 15 is 0 Å². The molecule has 0 atom stereocenters. The summed E-state index contributed by atoms with van der Waals surface area (Å²) in [7, 11) is 0. The molecule has 0 bridgehead atoms. The van der Waals surface area contributed by atoms with Gasteiger partial charge in [0.2, 0.25) is 0 Å². The Labute approximate surface area is 60.8 Å². The summed E-state index contributed by atoms with van der Waals surface area (Å²) < 4.78 is 0. The van der Waals surface area contributed by atoms with Gasteiger partial charge in [0.05, 0.1) is 0 Å². The van der Waals surface area contributed by atoms with E-state index < -0.39 is 0 Å². The van der Waals surface area contributed by atoms with Gasteiger partial charge in [0.15, 0.2) is 0 Å². The highest BCUT2D eigenvalue weighted by atomic mass is 14.5. The van der Waals surface area contributed by atoms with E-state index in [2.05, 4.69) is 33.6 Å². The minimum absolute atomic E-state index is 0. The molecule has 0 amide bonds. The van der Waals surface area contributed by atoms with Gasteiger partial charge in [-0.25, -0.2) is 0 Å². The Kier molecular flexibility index (Phi) is 46.7. The Hall–Kier alpha value is -0.720. The first-order valence-corrected chi connectivity index (χ1v) is 3.06. The predicted octanol–water partition coefficient (Wildman–Crippen LogP) is 2.94. The van der Waals surface area contributed by atoms with Crippen molar-refractivity contribution in [2.24, 2.45) is 5.73 Å². The Morgan fingerprint density at radius 1 is 1.44 bits per heavy atom. The van der Waals surface area contributed by atoms with Crippen LogP contribution < -0.4 is 5.73 Å². The van der Waals surface area contributed by atoms with Crippen LogP contribution in [0, 0.1) is 0 Å². The van der Waals surface area contributed by atoms with E-state index in [4.69, 9.17) is 5.73 Å². The second-order valence-corrected chi connectivity index (χ2v) is 1.55. The smallest absolute Gasteiger partial charge is 0 e. The summed E-state index contributed by atoms with van der Waals surface area (Å²) in [6.07, 6.45) is 1.25. The molecule has 0 spiro atoms. The summed E-state index contributed by atoms with van der Waals surface area (Å²) >= 11 is 0. The molecule has 0 saturated heterocycles. The van der Waals surface area contributed by atoms with Crippen LogP contribution in [-0.4, -0.2) is 0 Å². The molecule has 1 heteroatoms. The maximum Gasteiger partial charge on any atom is 0 e. The number of rotatable bonds is 0. The summed E-state index contributed by atoms with van der Waals surface area (Å²) in [5.41, 5.74) is 5.58. The first kappa shape index (κ1) is 15.7. The van der Waals surface area contributed by atoms with Crippen LogP contribution in [0.5, 0.6) is 0 Å². The molecule has 0 aliphatic carbocycles. The predicted molar refractivity (Wildman–Crippen MR) is 48.3 cm³/mol. The third-order valence-corrected chi connectivity index (χ3v) is 0. The zero-order valence-corrected chi connectivity index (χ0v) is 6.91. The van der Waals surface area contributed by atoms with Gasteiger partial charge in [-0.15, -0.1) is 13.2 Å². The molecule has 0 heterocycles. The lowest BCUT2D eigenvalue weighted by atomic mass is 10.6. The highest BCUT2D eigenvalue weighted by molar-refractivity contribution is 4.76. The zero-order chi connectivity index (χ0) is 8.28. The molecule has 0 fully saturated rings. The van der Waals surface area contributed by atoms with Crippen molar-refractivity contribution in [2.75, 3.05) is 0 Å². The number of hydrogen-bond acceptors (Lipinski definition) is 1. The Bertz CT molecular complexity index is 49.2. The average molecular weight is 131 g/mol. The fraction of sp³-hybridized carbons (Fsp3) is 0.500. The lowest BCUT2D eigenvalue weighted by Gasteiger charge is -1.69. The normalized spacial score (nSPS) is 5.22. The molecule has 0 aromatic carbocycles. The lowest BCUT2D eigenvalue weighted by Crippen LogP contribution is -1.83. The number of nitrogens with two attached hydrogens (primary N) is 1. The van der Waals surface area contributed by atoms with Crippen molar-refractivity contribution in [2.45, 2.75) is 27.2 Å². The van der Waals surface area contributed by atoms with Gasteiger partial charge in [-0.1, -0.05) is 26.8 Å². The van der Waals surface area contributed by atoms with E-state index in [1.165, 1.54) is 6.42 Å². The van der Waals surface area contributed by atoms with Crippen LogP contribution >= 0.6 is 0 Å².